The first kappa shape index (κ1) is 8.78. The van der Waals surface area contributed by atoms with Crippen LogP contribution in [0.25, 0.3) is 0 Å². The minimum atomic E-state index is 1.01. The van der Waals surface area contributed by atoms with Gasteiger partial charge in [0.1, 0.15) is 5.82 Å². The van der Waals surface area contributed by atoms with Crippen LogP contribution in [0.15, 0.2) is 30.6 Å². The number of hydrogen-bond acceptors (Lipinski definition) is 2. The highest BCUT2D eigenvalue weighted by atomic mass is 15.1. The van der Waals surface area contributed by atoms with Crippen molar-refractivity contribution in [3.63, 3.8) is 0 Å². The van der Waals surface area contributed by atoms with Gasteiger partial charge in [-0.15, -0.1) is 0 Å². The normalized spacial score (nSPS) is 10.6. The standard InChI is InChI=1S/C10H14N2/c1-4-8-12(3)10-9(2)6-5-7-11-10/h4-8H,1-3H3/b8-4-. The predicted octanol–water partition coefficient (Wildman–Crippen LogP) is 2.36. The molecule has 0 aliphatic rings. The first-order valence-electron chi connectivity index (χ1n) is 4.03. The van der Waals surface area contributed by atoms with Gasteiger partial charge in [-0.2, -0.15) is 0 Å². The van der Waals surface area contributed by atoms with E-state index >= 15 is 0 Å². The van der Waals surface area contributed by atoms with Gasteiger partial charge in [0.05, 0.1) is 0 Å². The number of allylic oxidation sites excluding steroid dienone is 1. The largest absolute Gasteiger partial charge is 0.336 e. The number of aromatic nitrogens is 1. The summed E-state index contributed by atoms with van der Waals surface area (Å²) in [6.07, 6.45) is 5.80. The lowest BCUT2D eigenvalue weighted by molar-refractivity contribution is 1.09. The summed E-state index contributed by atoms with van der Waals surface area (Å²) in [6.45, 7) is 4.05. The van der Waals surface area contributed by atoms with E-state index in [0.717, 1.165) is 5.82 Å². The molecule has 2 heteroatoms. The second-order valence-corrected chi connectivity index (χ2v) is 2.74. The molecule has 0 fully saturated rings. The molecule has 2 nitrogen and oxygen atoms in total. The molecule has 1 aromatic heterocycles. The van der Waals surface area contributed by atoms with E-state index < -0.39 is 0 Å². The van der Waals surface area contributed by atoms with E-state index in [4.69, 9.17) is 0 Å². The fourth-order valence-corrected chi connectivity index (χ4v) is 1.14. The minimum Gasteiger partial charge on any atom is -0.336 e. The molecule has 0 aliphatic carbocycles. The summed E-state index contributed by atoms with van der Waals surface area (Å²) in [6, 6.07) is 4.00. The summed E-state index contributed by atoms with van der Waals surface area (Å²) >= 11 is 0. The van der Waals surface area contributed by atoms with E-state index in [9.17, 15) is 0 Å². The van der Waals surface area contributed by atoms with Gasteiger partial charge in [-0.1, -0.05) is 12.1 Å². The third kappa shape index (κ3) is 1.84. The van der Waals surface area contributed by atoms with Crippen molar-refractivity contribution in [3.05, 3.63) is 36.2 Å². The third-order valence-corrected chi connectivity index (χ3v) is 1.69. The van der Waals surface area contributed by atoms with Crippen LogP contribution >= 0.6 is 0 Å². The maximum absolute atomic E-state index is 4.27. The Hall–Kier alpha value is -1.31. The van der Waals surface area contributed by atoms with Gasteiger partial charge >= 0.3 is 0 Å². The molecule has 0 aliphatic heterocycles. The summed E-state index contributed by atoms with van der Waals surface area (Å²) < 4.78 is 0. The van der Waals surface area contributed by atoms with Gasteiger partial charge < -0.3 is 4.90 Å². The zero-order valence-electron chi connectivity index (χ0n) is 7.78. The molecule has 0 atom stereocenters. The van der Waals surface area contributed by atoms with Crippen molar-refractivity contribution in [1.29, 1.82) is 0 Å². The third-order valence-electron chi connectivity index (χ3n) is 1.69. The Labute approximate surface area is 73.5 Å². The van der Waals surface area contributed by atoms with Gasteiger partial charge in [-0.25, -0.2) is 4.98 Å². The van der Waals surface area contributed by atoms with E-state index in [1.165, 1.54) is 5.56 Å². The van der Waals surface area contributed by atoms with Crippen molar-refractivity contribution in [1.82, 2.24) is 4.98 Å². The van der Waals surface area contributed by atoms with Gasteiger partial charge in [0, 0.05) is 19.4 Å². The maximum Gasteiger partial charge on any atom is 0.135 e. The quantitative estimate of drug-likeness (QED) is 0.663. The van der Waals surface area contributed by atoms with Crippen molar-refractivity contribution in [2.45, 2.75) is 13.8 Å². The van der Waals surface area contributed by atoms with E-state index in [1.54, 1.807) is 0 Å². The first-order valence-corrected chi connectivity index (χ1v) is 4.03. The second kappa shape index (κ2) is 3.90. The summed E-state index contributed by atoms with van der Waals surface area (Å²) in [4.78, 5) is 6.28. The molecule has 0 saturated carbocycles. The molecular formula is C10H14N2. The zero-order chi connectivity index (χ0) is 8.97. The Morgan fingerprint density at radius 2 is 2.25 bits per heavy atom. The summed E-state index contributed by atoms with van der Waals surface area (Å²) in [5, 5.41) is 0. The van der Waals surface area contributed by atoms with Crippen LogP contribution in [0.2, 0.25) is 0 Å². The highest BCUT2D eigenvalue weighted by molar-refractivity contribution is 5.47. The average Bonchev–Trinajstić information content (AvgIpc) is 2.05. The van der Waals surface area contributed by atoms with E-state index in [1.807, 2.05) is 43.4 Å². The number of pyridine rings is 1. The monoisotopic (exact) mass is 162 g/mol. The summed E-state index contributed by atoms with van der Waals surface area (Å²) in [5.74, 6) is 1.01. The van der Waals surface area contributed by atoms with Gasteiger partial charge in [0.25, 0.3) is 0 Å². The molecule has 1 aromatic rings. The lowest BCUT2D eigenvalue weighted by Crippen LogP contribution is -2.10. The van der Waals surface area contributed by atoms with Crippen molar-refractivity contribution in [3.8, 4) is 0 Å². The highest BCUT2D eigenvalue weighted by Gasteiger charge is 2.00. The van der Waals surface area contributed by atoms with Crippen LogP contribution in [-0.4, -0.2) is 12.0 Å². The number of hydrogen-bond donors (Lipinski definition) is 0. The topological polar surface area (TPSA) is 16.1 Å². The molecule has 12 heavy (non-hydrogen) atoms. The van der Waals surface area contributed by atoms with Crippen LogP contribution in [0.3, 0.4) is 0 Å². The van der Waals surface area contributed by atoms with Gasteiger partial charge in [-0.05, 0) is 25.5 Å². The van der Waals surface area contributed by atoms with E-state index in [2.05, 4.69) is 18.0 Å². The molecule has 0 bridgehead atoms. The van der Waals surface area contributed by atoms with Gasteiger partial charge in [0.2, 0.25) is 0 Å². The molecule has 1 heterocycles. The lowest BCUT2D eigenvalue weighted by atomic mass is 10.3. The average molecular weight is 162 g/mol. The smallest absolute Gasteiger partial charge is 0.135 e. The molecule has 0 aromatic carbocycles. The van der Waals surface area contributed by atoms with Crippen LogP contribution in [-0.2, 0) is 0 Å². The Morgan fingerprint density at radius 3 is 2.83 bits per heavy atom. The van der Waals surface area contributed by atoms with Crippen molar-refractivity contribution in [2.24, 2.45) is 0 Å². The SMILES string of the molecule is C/C=C\N(C)c1ncccc1C. The molecule has 64 valence electrons. The van der Waals surface area contributed by atoms with Crippen LogP contribution in [0.4, 0.5) is 5.82 Å². The van der Waals surface area contributed by atoms with Crippen molar-refractivity contribution < 1.29 is 0 Å². The first-order chi connectivity index (χ1) is 5.75. The minimum absolute atomic E-state index is 1.01. The van der Waals surface area contributed by atoms with Crippen LogP contribution < -0.4 is 4.90 Å². The number of aryl methyl sites for hydroxylation is 1. The molecular weight excluding hydrogens is 148 g/mol. The van der Waals surface area contributed by atoms with Crippen LogP contribution in [0.5, 0.6) is 0 Å². The number of nitrogens with zero attached hydrogens (tertiary/aromatic N) is 2. The Bertz CT molecular complexity index is 279. The highest BCUT2D eigenvalue weighted by Crippen LogP contribution is 2.13. The molecule has 0 radical (unpaired) electrons. The van der Waals surface area contributed by atoms with Crippen LogP contribution in [0.1, 0.15) is 12.5 Å². The van der Waals surface area contributed by atoms with E-state index in [-0.39, 0.29) is 0 Å². The van der Waals surface area contributed by atoms with Crippen LogP contribution in [0, 0.1) is 6.92 Å². The Morgan fingerprint density at radius 1 is 1.50 bits per heavy atom. The summed E-state index contributed by atoms with van der Waals surface area (Å²) in [7, 11) is 2.00. The maximum atomic E-state index is 4.27. The fraction of sp³-hybridized carbons (Fsp3) is 0.300. The van der Waals surface area contributed by atoms with Gasteiger partial charge in [0.15, 0.2) is 0 Å². The molecule has 0 spiro atoms. The lowest BCUT2D eigenvalue weighted by Gasteiger charge is -2.14. The second-order valence-electron chi connectivity index (χ2n) is 2.74. The molecule has 0 unspecified atom stereocenters. The van der Waals surface area contributed by atoms with Crippen molar-refractivity contribution >= 4 is 5.82 Å². The summed E-state index contributed by atoms with van der Waals surface area (Å²) in [5.41, 5.74) is 1.19. The number of anilines is 1. The van der Waals surface area contributed by atoms with Gasteiger partial charge in [-0.3, -0.25) is 0 Å². The molecule has 0 saturated heterocycles. The Kier molecular flexibility index (Phi) is 2.86. The van der Waals surface area contributed by atoms with E-state index in [0.29, 0.717) is 0 Å². The fourth-order valence-electron chi connectivity index (χ4n) is 1.14. The zero-order valence-corrected chi connectivity index (χ0v) is 7.78. The Balaban J connectivity index is 2.94. The molecule has 0 amide bonds. The molecule has 1 rings (SSSR count). The van der Waals surface area contributed by atoms with Crippen molar-refractivity contribution in [2.75, 3.05) is 11.9 Å². The molecule has 0 N–H and O–H groups in total. The predicted molar refractivity (Wildman–Crippen MR) is 52.2 cm³/mol. The number of rotatable bonds is 2.